The summed E-state index contributed by atoms with van der Waals surface area (Å²) in [7, 11) is 0. The van der Waals surface area contributed by atoms with Gasteiger partial charge in [-0.05, 0) is 19.3 Å². The van der Waals surface area contributed by atoms with Gasteiger partial charge in [0.1, 0.15) is 12.3 Å². The Kier molecular flexibility index (Phi) is 22.9. The number of aldehydes is 1. The van der Waals surface area contributed by atoms with Crippen LogP contribution in [0.15, 0.2) is 0 Å². The van der Waals surface area contributed by atoms with E-state index in [1.807, 2.05) is 0 Å². The summed E-state index contributed by atoms with van der Waals surface area (Å²) in [6.07, 6.45) is 17.6. The van der Waals surface area contributed by atoms with Crippen LogP contribution in [0.5, 0.6) is 0 Å². The number of carbonyl (C=O) groups is 2. The molecule has 27 heavy (non-hydrogen) atoms. The quantitative estimate of drug-likeness (QED) is 0.112. The number of carboxylic acid groups (broad SMARTS) is 1. The lowest BCUT2D eigenvalue weighted by Gasteiger charge is -2.06. The molecule has 0 unspecified atom stereocenters. The molecule has 0 saturated heterocycles. The second-order valence-electron chi connectivity index (χ2n) is 6.92. The van der Waals surface area contributed by atoms with Gasteiger partial charge in [0.25, 0.3) is 0 Å². The predicted molar refractivity (Wildman–Crippen MR) is 112 cm³/mol. The molecule has 0 aromatic carbocycles. The first kappa shape index (κ1) is 27.6. The summed E-state index contributed by atoms with van der Waals surface area (Å²) >= 11 is 0. The second kappa shape index (κ2) is 22.4. The van der Waals surface area contributed by atoms with Gasteiger partial charge in [0.05, 0.1) is 0 Å². The van der Waals surface area contributed by atoms with Gasteiger partial charge in [0, 0.05) is 13.0 Å². The highest BCUT2D eigenvalue weighted by Crippen LogP contribution is 2.11. The minimum absolute atomic E-state index is 0.112. The standard InChI is InChI=1S/C14H28O.C6H14N4O2/c1-2-3-4-5-6-7-8-9-10-11-12-13-14-15;7-4(5(11)12)2-1-3-10-6(8)9/h14H,2-13H2,1H3;4H,1-3,7H2,(H,11,12)(H4,8,9,10)/t;4-/m.0/s1. The van der Waals surface area contributed by atoms with Gasteiger partial charge in [0.15, 0.2) is 5.96 Å². The van der Waals surface area contributed by atoms with Gasteiger partial charge >= 0.3 is 5.97 Å². The topological polar surface area (TPSA) is 142 Å². The Morgan fingerprint density at radius 2 is 1.48 bits per heavy atom. The van der Waals surface area contributed by atoms with Crippen molar-refractivity contribution in [2.24, 2.45) is 11.5 Å². The minimum atomic E-state index is -1.00. The van der Waals surface area contributed by atoms with E-state index in [0.717, 1.165) is 19.1 Å². The SMILES string of the molecule is CCCCCCCCCCCCCC=O.N=C(N)NCCC[C@H](N)C(=O)O. The van der Waals surface area contributed by atoms with Crippen LogP contribution >= 0.6 is 0 Å². The Balaban J connectivity index is 0. The average molecular weight is 387 g/mol. The Bertz CT molecular complexity index is 365. The fraction of sp³-hybridized carbons (Fsp3) is 0.850. The number of unbranched alkanes of at least 4 members (excludes halogenated alkanes) is 11. The zero-order valence-corrected chi connectivity index (χ0v) is 17.2. The van der Waals surface area contributed by atoms with E-state index in [2.05, 4.69) is 12.2 Å². The zero-order chi connectivity index (χ0) is 20.8. The fourth-order valence-electron chi connectivity index (χ4n) is 2.56. The lowest BCUT2D eigenvalue weighted by Crippen LogP contribution is -2.34. The van der Waals surface area contributed by atoms with Crippen molar-refractivity contribution in [3.05, 3.63) is 0 Å². The lowest BCUT2D eigenvalue weighted by atomic mass is 10.1. The molecular weight excluding hydrogens is 344 g/mol. The number of rotatable bonds is 17. The molecule has 0 aliphatic heterocycles. The zero-order valence-electron chi connectivity index (χ0n) is 17.2. The highest BCUT2D eigenvalue weighted by molar-refractivity contribution is 5.74. The van der Waals surface area contributed by atoms with E-state index in [-0.39, 0.29) is 5.96 Å². The largest absolute Gasteiger partial charge is 0.480 e. The van der Waals surface area contributed by atoms with Gasteiger partial charge in [0.2, 0.25) is 0 Å². The molecule has 160 valence electrons. The van der Waals surface area contributed by atoms with Crippen molar-refractivity contribution in [2.45, 2.75) is 103 Å². The summed E-state index contributed by atoms with van der Waals surface area (Å²) in [5, 5.41) is 17.7. The van der Waals surface area contributed by atoms with Crippen LogP contribution in [-0.2, 0) is 9.59 Å². The van der Waals surface area contributed by atoms with E-state index >= 15 is 0 Å². The maximum atomic E-state index is 10.2. The van der Waals surface area contributed by atoms with Crippen molar-refractivity contribution in [3.8, 4) is 0 Å². The minimum Gasteiger partial charge on any atom is -0.480 e. The van der Waals surface area contributed by atoms with Gasteiger partial charge in [-0.3, -0.25) is 10.2 Å². The third-order valence-electron chi connectivity index (χ3n) is 4.25. The molecule has 0 rings (SSSR count). The summed E-state index contributed by atoms with van der Waals surface area (Å²) in [6, 6.07) is -0.821. The van der Waals surface area contributed by atoms with Crippen LogP contribution in [0.4, 0.5) is 0 Å². The second-order valence-corrected chi connectivity index (χ2v) is 6.92. The van der Waals surface area contributed by atoms with Gasteiger partial charge in [-0.2, -0.15) is 0 Å². The van der Waals surface area contributed by atoms with Gasteiger partial charge in [-0.15, -0.1) is 0 Å². The molecule has 0 aromatic rings. The van der Waals surface area contributed by atoms with E-state index in [1.54, 1.807) is 0 Å². The highest BCUT2D eigenvalue weighted by Gasteiger charge is 2.09. The summed E-state index contributed by atoms with van der Waals surface area (Å²) in [5.41, 5.74) is 10.2. The summed E-state index contributed by atoms with van der Waals surface area (Å²) in [5.74, 6) is -1.11. The molecule has 0 radical (unpaired) electrons. The number of hydrogen-bond acceptors (Lipinski definition) is 4. The van der Waals surface area contributed by atoms with Gasteiger partial charge in [-0.1, -0.05) is 71.1 Å². The molecule has 0 fully saturated rings. The number of carbonyl (C=O) groups excluding carboxylic acids is 1. The molecule has 0 aliphatic rings. The van der Waals surface area contributed by atoms with Crippen LogP contribution in [0.25, 0.3) is 0 Å². The van der Waals surface area contributed by atoms with Crippen molar-refractivity contribution >= 4 is 18.2 Å². The molecule has 0 saturated carbocycles. The molecule has 7 nitrogen and oxygen atoms in total. The summed E-state index contributed by atoms with van der Waals surface area (Å²) in [4.78, 5) is 20.3. The third-order valence-corrected chi connectivity index (χ3v) is 4.25. The van der Waals surface area contributed by atoms with Crippen molar-refractivity contribution < 1.29 is 14.7 Å². The van der Waals surface area contributed by atoms with Crippen LogP contribution in [0.2, 0.25) is 0 Å². The maximum absolute atomic E-state index is 10.2. The number of nitrogens with two attached hydrogens (primary N) is 2. The molecule has 7 heteroatoms. The Hall–Kier alpha value is -1.63. The van der Waals surface area contributed by atoms with E-state index < -0.39 is 12.0 Å². The van der Waals surface area contributed by atoms with Crippen LogP contribution in [0, 0.1) is 5.41 Å². The van der Waals surface area contributed by atoms with E-state index in [4.69, 9.17) is 22.0 Å². The molecule has 0 spiro atoms. The molecule has 0 heterocycles. The number of nitrogens with one attached hydrogen (secondary N) is 2. The van der Waals surface area contributed by atoms with E-state index in [9.17, 15) is 9.59 Å². The van der Waals surface area contributed by atoms with Crippen molar-refractivity contribution in [1.29, 1.82) is 5.41 Å². The summed E-state index contributed by atoms with van der Waals surface area (Å²) < 4.78 is 0. The van der Waals surface area contributed by atoms with Crippen molar-refractivity contribution in [3.63, 3.8) is 0 Å². The number of carboxylic acids is 1. The number of guanidine groups is 1. The van der Waals surface area contributed by atoms with Crippen LogP contribution < -0.4 is 16.8 Å². The first-order valence-electron chi connectivity index (χ1n) is 10.5. The van der Waals surface area contributed by atoms with E-state index in [1.165, 1.54) is 64.2 Å². The first-order chi connectivity index (χ1) is 13.0. The molecule has 1 atom stereocenters. The lowest BCUT2D eigenvalue weighted by molar-refractivity contribution is -0.138. The first-order valence-corrected chi connectivity index (χ1v) is 10.5. The highest BCUT2D eigenvalue weighted by atomic mass is 16.4. The summed E-state index contributed by atoms with van der Waals surface area (Å²) in [6.45, 7) is 2.75. The predicted octanol–water partition coefficient (Wildman–Crippen LogP) is 3.55. The normalized spacial score (nSPS) is 11.2. The average Bonchev–Trinajstić information content (AvgIpc) is 2.63. The van der Waals surface area contributed by atoms with Crippen LogP contribution in [0.1, 0.15) is 96.8 Å². The fourth-order valence-corrected chi connectivity index (χ4v) is 2.56. The number of hydrogen-bond donors (Lipinski definition) is 5. The molecular formula is C20H42N4O3. The maximum Gasteiger partial charge on any atom is 0.320 e. The third kappa shape index (κ3) is 26.7. The monoisotopic (exact) mass is 386 g/mol. The van der Waals surface area contributed by atoms with Crippen LogP contribution in [-0.4, -0.2) is 35.9 Å². The molecule has 0 aliphatic carbocycles. The molecule has 0 amide bonds. The molecule has 7 N–H and O–H groups in total. The van der Waals surface area contributed by atoms with E-state index in [0.29, 0.717) is 19.4 Å². The molecule has 0 aromatic heterocycles. The van der Waals surface area contributed by atoms with Crippen LogP contribution in [0.3, 0.4) is 0 Å². The van der Waals surface area contributed by atoms with Crippen molar-refractivity contribution in [2.75, 3.05) is 6.54 Å². The molecule has 0 bridgehead atoms. The smallest absolute Gasteiger partial charge is 0.320 e. The Morgan fingerprint density at radius 3 is 1.89 bits per heavy atom. The van der Waals surface area contributed by atoms with Gasteiger partial charge < -0.3 is 26.7 Å². The Morgan fingerprint density at radius 1 is 1.00 bits per heavy atom. The number of aliphatic carboxylic acids is 1. The van der Waals surface area contributed by atoms with Gasteiger partial charge in [-0.25, -0.2) is 0 Å². The van der Waals surface area contributed by atoms with Crippen molar-refractivity contribution in [1.82, 2.24) is 5.32 Å². The Labute approximate surface area is 165 Å².